The first-order valence-electron chi connectivity index (χ1n) is 5.49. The van der Waals surface area contributed by atoms with Crippen LogP contribution in [0.4, 0.5) is 0 Å². The highest BCUT2D eigenvalue weighted by atomic mass is 16.7. The molecule has 1 heterocycles. The molecule has 0 saturated carbocycles. The predicted octanol–water partition coefficient (Wildman–Crippen LogP) is 0.0491. The number of rotatable bonds is 6. The van der Waals surface area contributed by atoms with E-state index in [0.717, 1.165) is 0 Å². The summed E-state index contributed by atoms with van der Waals surface area (Å²) in [6.45, 7) is 0.411. The maximum atomic E-state index is 5.74. The molecule has 2 unspecified atom stereocenters. The van der Waals surface area contributed by atoms with Crippen LogP contribution in [0.25, 0.3) is 0 Å². The minimum Gasteiger partial charge on any atom is -0.382 e. The largest absolute Gasteiger partial charge is 0.382 e. The second kappa shape index (κ2) is 7.25. The molecule has 0 aromatic heterocycles. The Morgan fingerprint density at radius 2 is 1.35 bits per heavy atom. The molecule has 0 aromatic carbocycles. The van der Waals surface area contributed by atoms with Gasteiger partial charge in [-0.25, -0.2) is 0 Å². The molecule has 1 aliphatic rings. The van der Waals surface area contributed by atoms with Gasteiger partial charge in [0.1, 0.15) is 24.4 Å². The Labute approximate surface area is 102 Å². The second-order valence-corrected chi connectivity index (χ2v) is 3.83. The van der Waals surface area contributed by atoms with Crippen LogP contribution in [-0.4, -0.2) is 72.9 Å². The average Bonchev–Trinajstić information content (AvgIpc) is 2.37. The minimum absolute atomic E-state index is 0.244. The molecule has 1 fully saturated rings. The fourth-order valence-electron chi connectivity index (χ4n) is 2.17. The molecule has 102 valence electrons. The van der Waals surface area contributed by atoms with Crippen LogP contribution < -0.4 is 0 Å². The van der Waals surface area contributed by atoms with Gasteiger partial charge in [-0.15, -0.1) is 0 Å². The number of hydrogen-bond donors (Lipinski definition) is 0. The zero-order chi connectivity index (χ0) is 12.8. The third kappa shape index (κ3) is 3.15. The van der Waals surface area contributed by atoms with Crippen LogP contribution in [0.2, 0.25) is 0 Å². The number of ether oxygens (including phenoxy) is 6. The first-order valence-corrected chi connectivity index (χ1v) is 5.49. The Morgan fingerprint density at radius 1 is 0.765 bits per heavy atom. The molecule has 0 bridgehead atoms. The van der Waals surface area contributed by atoms with Crippen molar-refractivity contribution in [3.8, 4) is 0 Å². The molecule has 6 heteroatoms. The van der Waals surface area contributed by atoms with Gasteiger partial charge >= 0.3 is 0 Å². The van der Waals surface area contributed by atoms with Crippen LogP contribution in [-0.2, 0) is 28.4 Å². The molecule has 1 rings (SSSR count). The van der Waals surface area contributed by atoms with E-state index in [1.165, 1.54) is 0 Å². The zero-order valence-corrected chi connectivity index (χ0v) is 11.0. The Hall–Kier alpha value is -0.240. The molecule has 0 N–H and O–H groups in total. The lowest BCUT2D eigenvalue weighted by Gasteiger charge is -2.44. The first kappa shape index (κ1) is 14.8. The number of hydrogen-bond acceptors (Lipinski definition) is 6. The molecule has 0 aromatic rings. The van der Waals surface area contributed by atoms with Gasteiger partial charge < -0.3 is 28.4 Å². The fraction of sp³-hybridized carbons (Fsp3) is 1.00. The summed E-state index contributed by atoms with van der Waals surface area (Å²) >= 11 is 0. The minimum atomic E-state index is -0.489. The van der Waals surface area contributed by atoms with Gasteiger partial charge in [0.15, 0.2) is 6.29 Å². The quantitative estimate of drug-likeness (QED) is 0.664. The molecule has 6 nitrogen and oxygen atoms in total. The lowest BCUT2D eigenvalue weighted by Crippen LogP contribution is -2.61. The normalized spacial score (nSPS) is 38.3. The predicted molar refractivity (Wildman–Crippen MR) is 59.9 cm³/mol. The van der Waals surface area contributed by atoms with Gasteiger partial charge in [0, 0.05) is 35.5 Å². The van der Waals surface area contributed by atoms with Crippen molar-refractivity contribution in [1.29, 1.82) is 0 Å². The summed E-state index contributed by atoms with van der Waals surface area (Å²) in [7, 11) is 8.01. The topological polar surface area (TPSA) is 55.4 Å². The van der Waals surface area contributed by atoms with E-state index in [0.29, 0.717) is 6.61 Å². The monoisotopic (exact) mass is 250 g/mol. The summed E-state index contributed by atoms with van der Waals surface area (Å²) in [4.78, 5) is 0. The van der Waals surface area contributed by atoms with Gasteiger partial charge in [-0.3, -0.25) is 0 Å². The third-order valence-corrected chi connectivity index (χ3v) is 2.97. The molecule has 1 aliphatic heterocycles. The van der Waals surface area contributed by atoms with Gasteiger partial charge in [-0.2, -0.15) is 0 Å². The van der Waals surface area contributed by atoms with Gasteiger partial charge in [-0.1, -0.05) is 0 Å². The maximum absolute atomic E-state index is 5.74. The summed E-state index contributed by atoms with van der Waals surface area (Å²) in [6, 6.07) is 0. The Kier molecular flexibility index (Phi) is 6.32. The zero-order valence-electron chi connectivity index (χ0n) is 11.0. The average molecular weight is 250 g/mol. The molecular weight excluding hydrogens is 228 g/mol. The van der Waals surface area contributed by atoms with Crippen molar-refractivity contribution in [2.45, 2.75) is 30.7 Å². The van der Waals surface area contributed by atoms with E-state index in [1.54, 1.807) is 35.5 Å². The highest BCUT2D eigenvalue weighted by Gasteiger charge is 2.47. The molecule has 0 radical (unpaired) electrons. The van der Waals surface area contributed by atoms with Crippen LogP contribution in [0, 0.1) is 0 Å². The van der Waals surface area contributed by atoms with E-state index in [2.05, 4.69) is 0 Å². The molecule has 1 saturated heterocycles. The van der Waals surface area contributed by atoms with Crippen LogP contribution in [0.3, 0.4) is 0 Å². The summed E-state index contributed by atoms with van der Waals surface area (Å²) in [5, 5.41) is 0. The van der Waals surface area contributed by atoms with Crippen molar-refractivity contribution in [2.75, 3.05) is 42.2 Å². The van der Waals surface area contributed by atoms with Crippen molar-refractivity contribution in [1.82, 2.24) is 0 Å². The van der Waals surface area contributed by atoms with Gasteiger partial charge in [-0.05, 0) is 0 Å². The molecular formula is C11H22O6. The lowest BCUT2D eigenvalue weighted by atomic mass is 9.98. The maximum Gasteiger partial charge on any atom is 0.186 e. The van der Waals surface area contributed by atoms with Crippen LogP contribution in [0.5, 0.6) is 0 Å². The van der Waals surface area contributed by atoms with Crippen molar-refractivity contribution in [2.24, 2.45) is 0 Å². The Balaban J connectivity index is 2.84. The number of methoxy groups -OCH3 is 5. The van der Waals surface area contributed by atoms with E-state index in [1.807, 2.05) is 0 Å². The smallest absolute Gasteiger partial charge is 0.186 e. The summed E-state index contributed by atoms with van der Waals surface area (Å²) < 4.78 is 32.3. The SMILES string of the molecule is COCC1O[C@H](OC)[C@@H](OC)C(OC)[C@@H]1OC. The van der Waals surface area contributed by atoms with E-state index in [4.69, 9.17) is 28.4 Å². The van der Waals surface area contributed by atoms with E-state index in [-0.39, 0.29) is 24.4 Å². The van der Waals surface area contributed by atoms with Crippen molar-refractivity contribution in [3.63, 3.8) is 0 Å². The van der Waals surface area contributed by atoms with E-state index in [9.17, 15) is 0 Å². The molecule has 0 amide bonds. The van der Waals surface area contributed by atoms with E-state index >= 15 is 0 Å². The fourth-order valence-corrected chi connectivity index (χ4v) is 2.17. The summed E-state index contributed by atoms with van der Waals surface area (Å²) in [5.41, 5.74) is 0. The lowest BCUT2D eigenvalue weighted by molar-refractivity contribution is -0.307. The summed E-state index contributed by atoms with van der Waals surface area (Å²) in [6.07, 6.45) is -1.58. The summed E-state index contributed by atoms with van der Waals surface area (Å²) in [5.74, 6) is 0. The Bertz CT molecular complexity index is 212. The van der Waals surface area contributed by atoms with Crippen molar-refractivity contribution in [3.05, 3.63) is 0 Å². The van der Waals surface area contributed by atoms with Gasteiger partial charge in [0.2, 0.25) is 0 Å². The van der Waals surface area contributed by atoms with E-state index < -0.39 is 6.29 Å². The molecule has 0 spiro atoms. The van der Waals surface area contributed by atoms with Crippen molar-refractivity contribution >= 4 is 0 Å². The van der Waals surface area contributed by atoms with Crippen molar-refractivity contribution < 1.29 is 28.4 Å². The highest BCUT2D eigenvalue weighted by molar-refractivity contribution is 4.92. The van der Waals surface area contributed by atoms with Gasteiger partial charge in [0.25, 0.3) is 0 Å². The first-order chi connectivity index (χ1) is 8.23. The van der Waals surface area contributed by atoms with Gasteiger partial charge in [0.05, 0.1) is 6.61 Å². The Morgan fingerprint density at radius 3 is 1.76 bits per heavy atom. The van der Waals surface area contributed by atoms with Crippen LogP contribution >= 0.6 is 0 Å². The standard InChI is InChI=1S/C11H22O6/c1-12-6-7-8(13-2)9(14-3)10(15-4)11(16-5)17-7/h7-11H,6H2,1-5H3/t7?,8-,9?,10+,11+/m1/s1. The highest BCUT2D eigenvalue weighted by Crippen LogP contribution is 2.27. The molecule has 0 aliphatic carbocycles. The third-order valence-electron chi connectivity index (χ3n) is 2.97. The van der Waals surface area contributed by atoms with Crippen LogP contribution in [0.15, 0.2) is 0 Å². The second-order valence-electron chi connectivity index (χ2n) is 3.83. The molecule has 5 atom stereocenters. The molecule has 17 heavy (non-hydrogen) atoms. The van der Waals surface area contributed by atoms with Crippen LogP contribution in [0.1, 0.15) is 0 Å².